The number of carbonyl (C=O) groups excluding carboxylic acids is 1. The number of aromatic nitrogens is 2. The van der Waals surface area contributed by atoms with E-state index >= 15 is 0 Å². The molecule has 6 heteroatoms. The van der Waals surface area contributed by atoms with Crippen molar-refractivity contribution in [1.82, 2.24) is 14.9 Å². The predicted octanol–water partition coefficient (Wildman–Crippen LogP) is 2.07. The Morgan fingerprint density at radius 1 is 1.12 bits per heavy atom. The van der Waals surface area contributed by atoms with Gasteiger partial charge < -0.3 is 15.1 Å². The van der Waals surface area contributed by atoms with E-state index in [9.17, 15) is 4.79 Å². The third kappa shape index (κ3) is 4.01. The lowest BCUT2D eigenvalue weighted by Gasteiger charge is -2.34. The lowest BCUT2D eigenvalue weighted by Crippen LogP contribution is -2.48. The van der Waals surface area contributed by atoms with E-state index in [-0.39, 0.29) is 5.91 Å². The van der Waals surface area contributed by atoms with Crippen LogP contribution in [0, 0.1) is 6.92 Å². The summed E-state index contributed by atoms with van der Waals surface area (Å²) in [6.45, 7) is 7.40. The van der Waals surface area contributed by atoms with Crippen LogP contribution in [0.25, 0.3) is 0 Å². The number of nitrogens with zero attached hydrogens (tertiary/aromatic N) is 4. The molecule has 1 amide bonds. The molecule has 1 aromatic carbocycles. The van der Waals surface area contributed by atoms with Gasteiger partial charge in [-0.15, -0.1) is 0 Å². The monoisotopic (exact) mass is 325 g/mol. The zero-order chi connectivity index (χ0) is 16.9. The number of carbonyl (C=O) groups is 1. The number of aryl methyl sites for hydroxylation is 1. The van der Waals surface area contributed by atoms with Crippen LogP contribution in [-0.4, -0.2) is 47.0 Å². The molecule has 0 aliphatic carbocycles. The van der Waals surface area contributed by atoms with Crippen molar-refractivity contribution in [1.29, 1.82) is 0 Å². The minimum absolute atomic E-state index is 0.129. The van der Waals surface area contributed by atoms with Gasteiger partial charge in [0.25, 0.3) is 0 Å². The van der Waals surface area contributed by atoms with Gasteiger partial charge >= 0.3 is 0 Å². The van der Waals surface area contributed by atoms with Crippen LogP contribution in [-0.2, 0) is 11.3 Å². The highest BCUT2D eigenvalue weighted by Gasteiger charge is 2.20. The summed E-state index contributed by atoms with van der Waals surface area (Å²) in [7, 11) is 0. The van der Waals surface area contributed by atoms with Gasteiger partial charge in [0.1, 0.15) is 5.82 Å². The summed E-state index contributed by atoms with van der Waals surface area (Å²) in [4.78, 5) is 24.4. The molecule has 1 saturated heterocycles. The number of amides is 1. The van der Waals surface area contributed by atoms with Crippen LogP contribution < -0.4 is 10.2 Å². The van der Waals surface area contributed by atoms with E-state index < -0.39 is 0 Å². The van der Waals surface area contributed by atoms with Crippen LogP contribution in [0.1, 0.15) is 18.1 Å². The molecule has 0 atom stereocenters. The molecule has 126 valence electrons. The van der Waals surface area contributed by atoms with E-state index in [4.69, 9.17) is 0 Å². The normalized spacial score (nSPS) is 14.6. The molecule has 1 aliphatic heterocycles. The maximum atomic E-state index is 11.4. The maximum Gasteiger partial charge on any atom is 0.227 e. The summed E-state index contributed by atoms with van der Waals surface area (Å²) in [6, 6.07) is 10.3. The van der Waals surface area contributed by atoms with Crippen LogP contribution in [0.5, 0.6) is 0 Å². The molecular formula is C18H23N5O. The molecule has 0 unspecified atom stereocenters. The van der Waals surface area contributed by atoms with Gasteiger partial charge in [-0.1, -0.05) is 29.8 Å². The third-order valence-electron chi connectivity index (χ3n) is 4.24. The Kier molecular flexibility index (Phi) is 4.93. The Bertz CT molecular complexity index is 693. The number of nitrogens with one attached hydrogen (secondary N) is 1. The summed E-state index contributed by atoms with van der Waals surface area (Å²) < 4.78 is 0. The Labute approximate surface area is 142 Å². The summed E-state index contributed by atoms with van der Waals surface area (Å²) in [5.41, 5.74) is 2.48. The van der Waals surface area contributed by atoms with Crippen molar-refractivity contribution in [3.05, 3.63) is 47.7 Å². The Morgan fingerprint density at radius 2 is 1.83 bits per heavy atom. The molecule has 1 fully saturated rings. The second-order valence-corrected chi connectivity index (χ2v) is 6.07. The van der Waals surface area contributed by atoms with Crippen molar-refractivity contribution >= 4 is 17.7 Å². The van der Waals surface area contributed by atoms with E-state index in [2.05, 4.69) is 51.4 Å². The largest absolute Gasteiger partial charge is 0.366 e. The van der Waals surface area contributed by atoms with Gasteiger partial charge in [-0.05, 0) is 18.6 Å². The van der Waals surface area contributed by atoms with Crippen LogP contribution in [0.2, 0.25) is 0 Å². The smallest absolute Gasteiger partial charge is 0.227 e. The second-order valence-electron chi connectivity index (χ2n) is 6.07. The van der Waals surface area contributed by atoms with Gasteiger partial charge in [0.15, 0.2) is 0 Å². The van der Waals surface area contributed by atoms with Crippen LogP contribution in [0.15, 0.2) is 36.5 Å². The van der Waals surface area contributed by atoms with E-state index in [1.54, 1.807) is 13.1 Å². The van der Waals surface area contributed by atoms with Gasteiger partial charge in [-0.25, -0.2) is 4.98 Å². The molecular weight excluding hydrogens is 302 g/mol. The van der Waals surface area contributed by atoms with E-state index in [1.165, 1.54) is 11.1 Å². The highest BCUT2D eigenvalue weighted by molar-refractivity contribution is 5.73. The first-order chi connectivity index (χ1) is 11.6. The number of hydrogen-bond donors (Lipinski definition) is 1. The molecule has 1 N–H and O–H groups in total. The lowest BCUT2D eigenvalue weighted by molar-refractivity contribution is -0.129. The molecule has 1 aliphatic rings. The van der Waals surface area contributed by atoms with Crippen LogP contribution in [0.3, 0.4) is 0 Å². The van der Waals surface area contributed by atoms with Gasteiger partial charge in [-0.2, -0.15) is 4.98 Å². The first kappa shape index (κ1) is 16.2. The van der Waals surface area contributed by atoms with Gasteiger partial charge in [0.05, 0.1) is 0 Å². The van der Waals surface area contributed by atoms with Crippen molar-refractivity contribution in [2.75, 3.05) is 36.4 Å². The fraction of sp³-hybridized carbons (Fsp3) is 0.389. The van der Waals surface area contributed by atoms with Gasteiger partial charge in [0.2, 0.25) is 11.9 Å². The van der Waals surface area contributed by atoms with Gasteiger partial charge in [-0.3, -0.25) is 4.79 Å². The minimum atomic E-state index is 0.129. The first-order valence-corrected chi connectivity index (χ1v) is 8.25. The average molecular weight is 325 g/mol. The molecule has 6 nitrogen and oxygen atoms in total. The van der Waals surface area contributed by atoms with Crippen molar-refractivity contribution in [2.45, 2.75) is 20.4 Å². The highest BCUT2D eigenvalue weighted by atomic mass is 16.2. The van der Waals surface area contributed by atoms with Crippen LogP contribution in [0.4, 0.5) is 11.8 Å². The topological polar surface area (TPSA) is 61.4 Å². The third-order valence-corrected chi connectivity index (χ3v) is 4.24. The summed E-state index contributed by atoms with van der Waals surface area (Å²) in [5.74, 6) is 1.66. The molecule has 2 heterocycles. The van der Waals surface area contributed by atoms with E-state index in [0.717, 1.165) is 38.5 Å². The Morgan fingerprint density at radius 3 is 2.50 bits per heavy atom. The maximum absolute atomic E-state index is 11.4. The van der Waals surface area contributed by atoms with E-state index in [0.29, 0.717) is 5.95 Å². The van der Waals surface area contributed by atoms with Crippen molar-refractivity contribution < 1.29 is 4.79 Å². The minimum Gasteiger partial charge on any atom is -0.366 e. The van der Waals surface area contributed by atoms with Crippen molar-refractivity contribution in [2.24, 2.45) is 0 Å². The number of anilines is 2. The first-order valence-electron chi connectivity index (χ1n) is 8.25. The zero-order valence-corrected chi connectivity index (χ0v) is 14.2. The number of piperazine rings is 1. The fourth-order valence-electron chi connectivity index (χ4n) is 2.72. The zero-order valence-electron chi connectivity index (χ0n) is 14.2. The van der Waals surface area contributed by atoms with Crippen LogP contribution >= 0.6 is 0 Å². The number of hydrogen-bond acceptors (Lipinski definition) is 5. The summed E-state index contributed by atoms with van der Waals surface area (Å²) in [6.07, 6.45) is 1.77. The predicted molar refractivity (Wildman–Crippen MR) is 95.0 cm³/mol. The molecule has 3 rings (SSSR count). The molecule has 0 spiro atoms. The molecule has 0 radical (unpaired) electrons. The average Bonchev–Trinajstić information content (AvgIpc) is 2.61. The molecule has 24 heavy (non-hydrogen) atoms. The molecule has 0 saturated carbocycles. The van der Waals surface area contributed by atoms with E-state index in [1.807, 2.05) is 11.0 Å². The standard InChI is InChI=1S/C18H23N5O/c1-14-3-5-16(6-4-14)13-20-17-7-8-19-18(21-17)23-11-9-22(10-12-23)15(2)24/h3-8H,9-13H2,1-2H3,(H,19,20,21). The Hall–Kier alpha value is -2.63. The number of benzene rings is 1. The molecule has 2 aromatic rings. The van der Waals surface area contributed by atoms with Crippen molar-refractivity contribution in [3.8, 4) is 0 Å². The fourth-order valence-corrected chi connectivity index (χ4v) is 2.72. The highest BCUT2D eigenvalue weighted by Crippen LogP contribution is 2.14. The second kappa shape index (κ2) is 7.29. The number of rotatable bonds is 4. The quantitative estimate of drug-likeness (QED) is 0.932. The summed E-state index contributed by atoms with van der Waals surface area (Å²) in [5, 5.41) is 3.34. The Balaban J connectivity index is 1.60. The van der Waals surface area contributed by atoms with Crippen molar-refractivity contribution in [3.63, 3.8) is 0 Å². The van der Waals surface area contributed by atoms with Gasteiger partial charge in [0, 0.05) is 45.8 Å². The molecule has 0 bridgehead atoms. The lowest BCUT2D eigenvalue weighted by atomic mass is 10.1. The molecule has 1 aromatic heterocycles. The summed E-state index contributed by atoms with van der Waals surface area (Å²) >= 11 is 0. The SMILES string of the molecule is CC(=O)N1CCN(c2nccc(NCc3ccc(C)cc3)n2)CC1.